The van der Waals surface area contributed by atoms with E-state index in [1.54, 1.807) is 0 Å². The summed E-state index contributed by atoms with van der Waals surface area (Å²) >= 11 is 1.43. The van der Waals surface area contributed by atoms with E-state index in [1.165, 1.54) is 11.8 Å². The minimum atomic E-state index is 0.0509. The Kier molecular flexibility index (Phi) is 6.99. The number of nitrogens with zero attached hydrogens (tertiary/aromatic N) is 4. The van der Waals surface area contributed by atoms with Gasteiger partial charge in [0.2, 0.25) is 5.91 Å². The van der Waals surface area contributed by atoms with Gasteiger partial charge in [0.1, 0.15) is 13.2 Å². The summed E-state index contributed by atoms with van der Waals surface area (Å²) in [5.41, 5.74) is 3.17. The Bertz CT molecular complexity index is 1100. The van der Waals surface area contributed by atoms with Crippen LogP contribution in [0.4, 0.5) is 0 Å². The Hall–Kier alpha value is -3.00. The number of ether oxygens (including phenoxy) is 2. The molecule has 0 fully saturated rings. The van der Waals surface area contributed by atoms with Crippen molar-refractivity contribution in [2.24, 2.45) is 0 Å². The first-order chi connectivity index (χ1) is 15.6. The maximum absolute atomic E-state index is 13.0. The average molecular weight is 453 g/mol. The zero-order valence-corrected chi connectivity index (χ0v) is 19.5. The number of hydrogen-bond donors (Lipinski definition) is 0. The van der Waals surface area contributed by atoms with E-state index < -0.39 is 0 Å². The van der Waals surface area contributed by atoms with E-state index in [0.717, 1.165) is 45.7 Å². The summed E-state index contributed by atoms with van der Waals surface area (Å²) in [5.74, 6) is 2.67. The number of para-hydroxylation sites is 1. The minimum Gasteiger partial charge on any atom is -0.486 e. The van der Waals surface area contributed by atoms with Crippen LogP contribution in [0, 0.1) is 6.92 Å². The maximum Gasteiger partial charge on any atom is 0.233 e. The number of carbonyl (C=O) groups excluding carboxylic acids is 1. The molecule has 0 aliphatic carbocycles. The van der Waals surface area contributed by atoms with Gasteiger partial charge in [0.05, 0.1) is 5.75 Å². The summed E-state index contributed by atoms with van der Waals surface area (Å²) in [7, 11) is 0. The van der Waals surface area contributed by atoms with E-state index in [1.807, 2.05) is 42.2 Å². The highest BCUT2D eigenvalue weighted by Crippen LogP contribution is 2.34. The monoisotopic (exact) mass is 452 g/mol. The van der Waals surface area contributed by atoms with Crippen molar-refractivity contribution in [2.75, 3.05) is 25.5 Å². The van der Waals surface area contributed by atoms with Gasteiger partial charge in [-0.15, -0.1) is 10.2 Å². The lowest BCUT2D eigenvalue weighted by molar-refractivity contribution is -0.128. The van der Waals surface area contributed by atoms with Crippen LogP contribution >= 0.6 is 11.8 Å². The number of amides is 1. The van der Waals surface area contributed by atoms with E-state index in [-0.39, 0.29) is 5.91 Å². The molecule has 1 aliphatic rings. The highest BCUT2D eigenvalue weighted by atomic mass is 32.2. The molecule has 0 saturated heterocycles. The average Bonchev–Trinajstić information content (AvgIpc) is 3.24. The standard InChI is InChI=1S/C24H28N4O3S/c1-4-27(15-18-10-8-12-20-22(18)31-14-13-30-20)21(29)16-32-24-26-25-23(28(24)5-2)19-11-7-6-9-17(19)3/h6-12H,4-5,13-16H2,1-3H3. The predicted molar refractivity (Wildman–Crippen MR) is 125 cm³/mol. The molecular formula is C24H28N4O3S. The van der Waals surface area contributed by atoms with Gasteiger partial charge in [-0.3, -0.25) is 4.79 Å². The molecule has 168 valence electrons. The molecule has 0 N–H and O–H groups in total. The third kappa shape index (κ3) is 4.60. The number of thioether (sulfide) groups is 1. The molecule has 1 aliphatic heterocycles. The molecule has 0 atom stereocenters. The second kappa shape index (κ2) is 10.1. The normalized spacial score (nSPS) is 12.6. The van der Waals surface area contributed by atoms with Crippen LogP contribution in [0.1, 0.15) is 25.0 Å². The van der Waals surface area contributed by atoms with Crippen LogP contribution in [0.25, 0.3) is 11.4 Å². The quantitative estimate of drug-likeness (QED) is 0.478. The molecule has 8 heteroatoms. The Morgan fingerprint density at radius 3 is 2.69 bits per heavy atom. The summed E-state index contributed by atoms with van der Waals surface area (Å²) < 4.78 is 13.5. The van der Waals surface area contributed by atoms with Crippen LogP contribution in [0.2, 0.25) is 0 Å². The van der Waals surface area contributed by atoms with Gasteiger partial charge in [-0.1, -0.05) is 48.2 Å². The Balaban J connectivity index is 1.46. The highest BCUT2D eigenvalue weighted by molar-refractivity contribution is 7.99. The van der Waals surface area contributed by atoms with Gasteiger partial charge in [0.15, 0.2) is 22.5 Å². The minimum absolute atomic E-state index is 0.0509. The zero-order chi connectivity index (χ0) is 22.5. The molecule has 0 spiro atoms. The van der Waals surface area contributed by atoms with Crippen molar-refractivity contribution in [3.05, 3.63) is 53.6 Å². The predicted octanol–water partition coefficient (Wildman–Crippen LogP) is 4.19. The SMILES string of the molecule is CCN(Cc1cccc2c1OCCO2)C(=O)CSc1nnc(-c2ccccc2C)n1CC. The second-order valence-electron chi connectivity index (χ2n) is 7.50. The first kappa shape index (κ1) is 22.2. The summed E-state index contributed by atoms with van der Waals surface area (Å²) in [5, 5.41) is 9.54. The van der Waals surface area contributed by atoms with Crippen molar-refractivity contribution in [2.45, 2.75) is 39.0 Å². The second-order valence-corrected chi connectivity index (χ2v) is 8.45. The van der Waals surface area contributed by atoms with Crippen LogP contribution < -0.4 is 9.47 Å². The number of hydrogen-bond acceptors (Lipinski definition) is 6. The third-order valence-corrected chi connectivity index (χ3v) is 6.44. The summed E-state index contributed by atoms with van der Waals surface area (Å²) in [6.45, 7) is 9.02. The van der Waals surface area contributed by atoms with E-state index in [9.17, 15) is 4.79 Å². The lowest BCUT2D eigenvalue weighted by Gasteiger charge is -2.25. The molecule has 2 heterocycles. The molecule has 0 bridgehead atoms. The molecule has 7 nitrogen and oxygen atoms in total. The summed E-state index contributed by atoms with van der Waals surface area (Å²) in [6.07, 6.45) is 0. The van der Waals surface area contributed by atoms with E-state index in [0.29, 0.717) is 32.1 Å². The maximum atomic E-state index is 13.0. The molecule has 32 heavy (non-hydrogen) atoms. The lowest BCUT2D eigenvalue weighted by Crippen LogP contribution is -2.32. The van der Waals surface area contributed by atoms with Gasteiger partial charge in [-0.25, -0.2) is 0 Å². The molecule has 4 rings (SSSR count). The first-order valence-corrected chi connectivity index (χ1v) is 11.9. The molecule has 2 aromatic carbocycles. The molecule has 1 aromatic heterocycles. The molecule has 1 amide bonds. The van der Waals surface area contributed by atoms with Gasteiger partial charge >= 0.3 is 0 Å². The fraction of sp³-hybridized carbons (Fsp3) is 0.375. The van der Waals surface area contributed by atoms with E-state index >= 15 is 0 Å². The number of aryl methyl sites for hydroxylation is 1. The van der Waals surface area contributed by atoms with Gasteiger partial charge in [0.25, 0.3) is 0 Å². The van der Waals surface area contributed by atoms with Crippen molar-refractivity contribution in [3.8, 4) is 22.9 Å². The van der Waals surface area contributed by atoms with Crippen LogP contribution in [-0.2, 0) is 17.9 Å². The van der Waals surface area contributed by atoms with Crippen molar-refractivity contribution in [3.63, 3.8) is 0 Å². The van der Waals surface area contributed by atoms with Crippen LogP contribution in [0.3, 0.4) is 0 Å². The molecular weight excluding hydrogens is 424 g/mol. The topological polar surface area (TPSA) is 69.5 Å². The first-order valence-electron chi connectivity index (χ1n) is 10.9. The fourth-order valence-electron chi connectivity index (χ4n) is 3.76. The zero-order valence-electron chi connectivity index (χ0n) is 18.7. The van der Waals surface area contributed by atoms with Crippen LogP contribution in [-0.4, -0.2) is 51.1 Å². The van der Waals surface area contributed by atoms with Gasteiger partial charge in [0, 0.05) is 30.8 Å². The number of fused-ring (bicyclic) bond motifs is 1. The number of benzene rings is 2. The van der Waals surface area contributed by atoms with E-state index in [2.05, 4.69) is 40.7 Å². The van der Waals surface area contributed by atoms with E-state index in [4.69, 9.17) is 9.47 Å². The largest absolute Gasteiger partial charge is 0.486 e. The van der Waals surface area contributed by atoms with Gasteiger partial charge in [-0.2, -0.15) is 0 Å². The van der Waals surface area contributed by atoms with Gasteiger partial charge < -0.3 is 18.9 Å². The highest BCUT2D eigenvalue weighted by Gasteiger charge is 2.21. The molecule has 0 radical (unpaired) electrons. The van der Waals surface area contributed by atoms with Crippen LogP contribution in [0.5, 0.6) is 11.5 Å². The fourth-order valence-corrected chi connectivity index (χ4v) is 4.67. The Morgan fingerprint density at radius 2 is 1.91 bits per heavy atom. The van der Waals surface area contributed by atoms with Crippen molar-refractivity contribution in [1.82, 2.24) is 19.7 Å². The number of rotatable bonds is 8. The van der Waals surface area contributed by atoms with Crippen molar-refractivity contribution >= 4 is 17.7 Å². The third-order valence-electron chi connectivity index (χ3n) is 5.49. The van der Waals surface area contributed by atoms with Crippen molar-refractivity contribution in [1.29, 1.82) is 0 Å². The molecule has 3 aromatic rings. The number of carbonyl (C=O) groups is 1. The van der Waals surface area contributed by atoms with Crippen LogP contribution in [0.15, 0.2) is 47.6 Å². The Morgan fingerprint density at radius 1 is 1.09 bits per heavy atom. The smallest absolute Gasteiger partial charge is 0.233 e. The Labute approximate surface area is 192 Å². The summed E-state index contributed by atoms with van der Waals surface area (Å²) in [6, 6.07) is 14.0. The lowest BCUT2D eigenvalue weighted by atomic mass is 10.1. The van der Waals surface area contributed by atoms with Crippen molar-refractivity contribution < 1.29 is 14.3 Å². The molecule has 0 saturated carbocycles. The number of aromatic nitrogens is 3. The molecule has 0 unspecified atom stereocenters. The summed E-state index contributed by atoms with van der Waals surface area (Å²) in [4.78, 5) is 14.9. The van der Waals surface area contributed by atoms with Gasteiger partial charge in [-0.05, 0) is 32.4 Å².